The second kappa shape index (κ2) is 7.22. The number of fused-ring (bicyclic) bond motifs is 1. The Hall–Kier alpha value is -3.42. The maximum atomic E-state index is 12.2. The van der Waals surface area contributed by atoms with E-state index >= 15 is 0 Å². The molecule has 2 amide bonds. The fourth-order valence-electron chi connectivity index (χ4n) is 2.53. The summed E-state index contributed by atoms with van der Waals surface area (Å²) in [5, 5.41) is 8.05. The highest BCUT2D eigenvalue weighted by Gasteiger charge is 2.12. The van der Waals surface area contributed by atoms with E-state index in [2.05, 4.69) is 26.3 Å². The van der Waals surface area contributed by atoms with Gasteiger partial charge in [0, 0.05) is 24.3 Å². The molecule has 0 aliphatic carbocycles. The van der Waals surface area contributed by atoms with Crippen LogP contribution in [0, 0.1) is 13.8 Å². The Labute approximate surface area is 150 Å². The van der Waals surface area contributed by atoms with Gasteiger partial charge in [0.25, 0.3) is 11.8 Å². The number of hydrogen-bond donors (Lipinski definition) is 3. The normalized spacial score (nSPS) is 10.6. The number of hydrazine groups is 1. The van der Waals surface area contributed by atoms with Crippen LogP contribution >= 0.6 is 0 Å². The molecule has 0 aliphatic rings. The Morgan fingerprint density at radius 3 is 2.58 bits per heavy atom. The summed E-state index contributed by atoms with van der Waals surface area (Å²) >= 11 is 0. The summed E-state index contributed by atoms with van der Waals surface area (Å²) in [6.45, 7) is 3.89. The van der Waals surface area contributed by atoms with E-state index in [-0.39, 0.29) is 12.5 Å². The number of anilines is 1. The SMILES string of the molecule is Cc1ccc(NCC(=O)NNC(=O)c2cnc3c(c2)c(C)nn3C)cc1. The average molecular weight is 352 g/mol. The lowest BCUT2D eigenvalue weighted by Gasteiger charge is -2.09. The number of pyridine rings is 1. The van der Waals surface area contributed by atoms with Crippen LogP contribution in [0.15, 0.2) is 36.5 Å². The predicted octanol–water partition coefficient (Wildman–Crippen LogP) is 1.46. The zero-order chi connectivity index (χ0) is 18.7. The standard InChI is InChI=1S/C18H20N6O2/c1-11-4-6-14(7-5-11)19-10-16(25)21-22-18(26)13-8-15-12(2)23-24(3)17(15)20-9-13/h4-9,19H,10H2,1-3H3,(H,21,25)(H,22,26). The van der Waals surface area contributed by atoms with Gasteiger partial charge in [-0.3, -0.25) is 25.1 Å². The second-order valence-corrected chi connectivity index (χ2v) is 6.03. The molecule has 3 aromatic rings. The summed E-state index contributed by atoms with van der Waals surface area (Å²) in [5.74, 6) is -0.795. The van der Waals surface area contributed by atoms with Crippen LogP contribution in [0.1, 0.15) is 21.6 Å². The van der Waals surface area contributed by atoms with Crippen LogP contribution in [0.4, 0.5) is 5.69 Å². The fraction of sp³-hybridized carbons (Fsp3) is 0.222. The molecule has 8 nitrogen and oxygen atoms in total. The van der Waals surface area contributed by atoms with Gasteiger partial charge >= 0.3 is 0 Å². The van der Waals surface area contributed by atoms with Crippen LogP contribution in [0.2, 0.25) is 0 Å². The number of amides is 2. The average Bonchev–Trinajstić information content (AvgIpc) is 2.92. The van der Waals surface area contributed by atoms with E-state index in [9.17, 15) is 9.59 Å². The van der Waals surface area contributed by atoms with Crippen molar-refractivity contribution in [3.05, 3.63) is 53.3 Å². The minimum absolute atomic E-state index is 0.0440. The smallest absolute Gasteiger partial charge is 0.271 e. The first-order chi connectivity index (χ1) is 12.4. The highest BCUT2D eigenvalue weighted by atomic mass is 16.2. The van der Waals surface area contributed by atoms with Gasteiger partial charge in [-0.2, -0.15) is 5.10 Å². The van der Waals surface area contributed by atoms with Gasteiger partial charge in [-0.15, -0.1) is 0 Å². The zero-order valence-corrected chi connectivity index (χ0v) is 14.8. The lowest BCUT2D eigenvalue weighted by atomic mass is 10.2. The molecule has 0 fully saturated rings. The molecule has 1 aromatic carbocycles. The van der Waals surface area contributed by atoms with E-state index < -0.39 is 5.91 Å². The van der Waals surface area contributed by atoms with Crippen molar-refractivity contribution < 1.29 is 9.59 Å². The Kier molecular flexibility index (Phi) is 4.83. The molecule has 2 heterocycles. The van der Waals surface area contributed by atoms with Crippen molar-refractivity contribution in [2.45, 2.75) is 13.8 Å². The number of carbonyl (C=O) groups is 2. The molecule has 3 rings (SSSR count). The molecule has 0 spiro atoms. The first kappa shape index (κ1) is 17.4. The van der Waals surface area contributed by atoms with Gasteiger partial charge in [0.15, 0.2) is 5.65 Å². The molecule has 0 saturated heterocycles. The first-order valence-corrected chi connectivity index (χ1v) is 8.13. The van der Waals surface area contributed by atoms with Crippen LogP contribution < -0.4 is 16.2 Å². The van der Waals surface area contributed by atoms with Gasteiger partial charge in [-0.05, 0) is 32.0 Å². The van der Waals surface area contributed by atoms with Gasteiger partial charge in [0.2, 0.25) is 0 Å². The molecule has 0 radical (unpaired) electrons. The van der Waals surface area contributed by atoms with Crippen LogP contribution in [0.5, 0.6) is 0 Å². The zero-order valence-electron chi connectivity index (χ0n) is 14.8. The molecule has 26 heavy (non-hydrogen) atoms. The largest absolute Gasteiger partial charge is 0.376 e. The van der Waals surface area contributed by atoms with Gasteiger partial charge in [0.1, 0.15) is 0 Å². The van der Waals surface area contributed by atoms with Crippen molar-refractivity contribution in [1.29, 1.82) is 0 Å². The Morgan fingerprint density at radius 2 is 1.85 bits per heavy atom. The van der Waals surface area contributed by atoms with Crippen molar-refractivity contribution >= 4 is 28.5 Å². The highest BCUT2D eigenvalue weighted by Crippen LogP contribution is 2.16. The minimum Gasteiger partial charge on any atom is -0.376 e. The Balaban J connectivity index is 1.55. The number of aryl methyl sites for hydroxylation is 3. The lowest BCUT2D eigenvalue weighted by molar-refractivity contribution is -0.120. The van der Waals surface area contributed by atoms with Crippen molar-refractivity contribution in [3.63, 3.8) is 0 Å². The first-order valence-electron chi connectivity index (χ1n) is 8.13. The van der Waals surface area contributed by atoms with Crippen molar-refractivity contribution in [1.82, 2.24) is 25.6 Å². The number of hydrogen-bond acceptors (Lipinski definition) is 5. The third-order valence-electron chi connectivity index (χ3n) is 3.95. The summed E-state index contributed by atoms with van der Waals surface area (Å²) in [6, 6.07) is 9.38. The fourth-order valence-corrected chi connectivity index (χ4v) is 2.53. The van der Waals surface area contributed by atoms with E-state index in [0.29, 0.717) is 11.2 Å². The molecule has 0 unspecified atom stereocenters. The molecule has 8 heteroatoms. The molecule has 0 bridgehead atoms. The summed E-state index contributed by atoms with van der Waals surface area (Å²) in [4.78, 5) is 28.3. The number of aromatic nitrogens is 3. The minimum atomic E-state index is -0.439. The molecular formula is C18H20N6O2. The molecule has 2 aromatic heterocycles. The summed E-state index contributed by atoms with van der Waals surface area (Å²) in [5.41, 5.74) is 8.58. The topological polar surface area (TPSA) is 101 Å². The van der Waals surface area contributed by atoms with Crippen LogP contribution in [-0.2, 0) is 11.8 Å². The monoisotopic (exact) mass is 352 g/mol. The number of nitrogens with zero attached hydrogens (tertiary/aromatic N) is 3. The summed E-state index contributed by atoms with van der Waals surface area (Å²) in [6.07, 6.45) is 1.45. The lowest BCUT2D eigenvalue weighted by Crippen LogP contribution is -2.44. The third-order valence-corrected chi connectivity index (χ3v) is 3.95. The molecular weight excluding hydrogens is 332 g/mol. The molecule has 134 valence electrons. The predicted molar refractivity (Wildman–Crippen MR) is 98.5 cm³/mol. The van der Waals surface area contributed by atoms with Crippen molar-refractivity contribution in [2.24, 2.45) is 7.05 Å². The van der Waals surface area contributed by atoms with Crippen LogP contribution in [0.25, 0.3) is 11.0 Å². The molecule has 3 N–H and O–H groups in total. The van der Waals surface area contributed by atoms with E-state index in [1.54, 1.807) is 17.8 Å². The Bertz CT molecular complexity index is 962. The van der Waals surface area contributed by atoms with Crippen molar-refractivity contribution in [2.75, 3.05) is 11.9 Å². The molecule has 0 atom stereocenters. The summed E-state index contributed by atoms with van der Waals surface area (Å²) < 4.78 is 1.66. The molecule has 0 aliphatic heterocycles. The van der Waals surface area contributed by atoms with Crippen LogP contribution in [0.3, 0.4) is 0 Å². The number of benzene rings is 1. The van der Waals surface area contributed by atoms with E-state index in [1.165, 1.54) is 6.20 Å². The molecule has 0 saturated carbocycles. The van der Waals surface area contributed by atoms with E-state index in [0.717, 1.165) is 22.3 Å². The van der Waals surface area contributed by atoms with Gasteiger partial charge < -0.3 is 5.32 Å². The number of rotatable bonds is 4. The summed E-state index contributed by atoms with van der Waals surface area (Å²) in [7, 11) is 1.79. The maximum absolute atomic E-state index is 12.2. The third kappa shape index (κ3) is 3.80. The van der Waals surface area contributed by atoms with Gasteiger partial charge in [-0.25, -0.2) is 4.98 Å². The van der Waals surface area contributed by atoms with E-state index in [4.69, 9.17) is 0 Å². The second-order valence-electron chi connectivity index (χ2n) is 6.03. The van der Waals surface area contributed by atoms with Crippen LogP contribution in [-0.4, -0.2) is 33.1 Å². The van der Waals surface area contributed by atoms with Gasteiger partial charge in [-0.1, -0.05) is 17.7 Å². The Morgan fingerprint density at radius 1 is 1.12 bits per heavy atom. The van der Waals surface area contributed by atoms with Crippen molar-refractivity contribution in [3.8, 4) is 0 Å². The van der Waals surface area contributed by atoms with Gasteiger partial charge in [0.05, 0.1) is 17.8 Å². The van der Waals surface area contributed by atoms with E-state index in [1.807, 2.05) is 38.1 Å². The number of nitrogens with one attached hydrogen (secondary N) is 3. The number of carbonyl (C=O) groups excluding carboxylic acids is 2. The highest BCUT2D eigenvalue weighted by molar-refractivity contribution is 5.98. The maximum Gasteiger partial charge on any atom is 0.271 e. The quantitative estimate of drug-likeness (QED) is 0.617.